The van der Waals surface area contributed by atoms with Crippen molar-refractivity contribution in [2.75, 3.05) is 18.5 Å². The number of alkyl halides is 1. The van der Waals surface area contributed by atoms with Gasteiger partial charge in [-0.2, -0.15) is 0 Å². The van der Waals surface area contributed by atoms with Gasteiger partial charge in [0.1, 0.15) is 6.61 Å². The lowest BCUT2D eigenvalue weighted by molar-refractivity contribution is -0.232. The molecular formula is C10H19BrO3. The van der Waals surface area contributed by atoms with Crippen molar-refractivity contribution >= 4 is 15.9 Å². The minimum Gasteiger partial charge on any atom is -0.499 e. The Morgan fingerprint density at radius 1 is 1.43 bits per heavy atom. The Hall–Kier alpha value is -0.0600. The first kappa shape index (κ1) is 13.9. The van der Waals surface area contributed by atoms with E-state index in [-0.39, 0.29) is 6.10 Å². The molecule has 4 heteroatoms. The van der Waals surface area contributed by atoms with E-state index in [4.69, 9.17) is 14.2 Å². The van der Waals surface area contributed by atoms with Crippen molar-refractivity contribution in [3.8, 4) is 0 Å². The number of hydrogen-bond donors (Lipinski definition) is 0. The minimum atomic E-state index is -0.572. The molecule has 0 bridgehead atoms. The maximum Gasteiger partial charge on any atom is 0.163 e. The summed E-state index contributed by atoms with van der Waals surface area (Å²) in [7, 11) is 0. The van der Waals surface area contributed by atoms with Gasteiger partial charge in [-0.15, -0.1) is 0 Å². The summed E-state index contributed by atoms with van der Waals surface area (Å²) in [5, 5.41) is 0.795. The smallest absolute Gasteiger partial charge is 0.163 e. The molecule has 0 N–H and O–H groups in total. The Morgan fingerprint density at radius 3 is 2.57 bits per heavy atom. The zero-order valence-corrected chi connectivity index (χ0v) is 10.7. The molecular weight excluding hydrogens is 248 g/mol. The number of halogens is 1. The molecule has 0 aromatic rings. The summed E-state index contributed by atoms with van der Waals surface area (Å²) in [6, 6.07) is 0. The summed E-state index contributed by atoms with van der Waals surface area (Å²) < 4.78 is 16.0. The first-order valence-corrected chi connectivity index (χ1v) is 5.74. The van der Waals surface area contributed by atoms with Crippen LogP contribution in [0.5, 0.6) is 0 Å². The molecule has 0 amide bonds. The minimum absolute atomic E-state index is 0.130. The molecule has 0 spiro atoms. The SMILES string of the molecule is C=COCCOC(C)(C)OC(C)CBr. The van der Waals surface area contributed by atoms with Gasteiger partial charge in [-0.1, -0.05) is 22.5 Å². The normalized spacial score (nSPS) is 13.7. The molecule has 0 aromatic carbocycles. The molecule has 0 aliphatic carbocycles. The number of rotatable bonds is 8. The lowest BCUT2D eigenvalue weighted by atomic mass is 10.3. The third-order valence-electron chi connectivity index (χ3n) is 1.47. The van der Waals surface area contributed by atoms with E-state index in [9.17, 15) is 0 Å². The van der Waals surface area contributed by atoms with Crippen LogP contribution in [0.1, 0.15) is 20.8 Å². The molecule has 0 radical (unpaired) electrons. The molecule has 0 aliphatic rings. The fourth-order valence-electron chi connectivity index (χ4n) is 0.969. The van der Waals surface area contributed by atoms with Crippen molar-refractivity contribution < 1.29 is 14.2 Å². The Labute approximate surface area is 94.5 Å². The average Bonchev–Trinajstić information content (AvgIpc) is 2.12. The third-order valence-corrected chi connectivity index (χ3v) is 2.38. The largest absolute Gasteiger partial charge is 0.499 e. The van der Waals surface area contributed by atoms with E-state index >= 15 is 0 Å². The highest BCUT2D eigenvalue weighted by molar-refractivity contribution is 9.09. The van der Waals surface area contributed by atoms with Gasteiger partial charge in [-0.05, 0) is 20.8 Å². The van der Waals surface area contributed by atoms with Crippen LogP contribution in [0.15, 0.2) is 12.8 Å². The van der Waals surface area contributed by atoms with Gasteiger partial charge in [-0.25, -0.2) is 0 Å². The van der Waals surface area contributed by atoms with Crippen LogP contribution in [0, 0.1) is 0 Å². The summed E-state index contributed by atoms with van der Waals surface area (Å²) in [4.78, 5) is 0. The Morgan fingerprint density at radius 2 is 2.07 bits per heavy atom. The van der Waals surface area contributed by atoms with Gasteiger partial charge in [0, 0.05) is 5.33 Å². The van der Waals surface area contributed by atoms with E-state index in [0.717, 1.165) is 5.33 Å². The highest BCUT2D eigenvalue weighted by atomic mass is 79.9. The van der Waals surface area contributed by atoms with Crippen LogP contribution in [0.25, 0.3) is 0 Å². The van der Waals surface area contributed by atoms with Crippen molar-refractivity contribution in [3.05, 3.63) is 12.8 Å². The molecule has 3 nitrogen and oxygen atoms in total. The number of hydrogen-bond acceptors (Lipinski definition) is 3. The monoisotopic (exact) mass is 266 g/mol. The van der Waals surface area contributed by atoms with Crippen LogP contribution in [0.2, 0.25) is 0 Å². The highest BCUT2D eigenvalue weighted by Crippen LogP contribution is 2.14. The van der Waals surface area contributed by atoms with Gasteiger partial charge >= 0.3 is 0 Å². The lowest BCUT2D eigenvalue weighted by Gasteiger charge is -2.28. The average molecular weight is 267 g/mol. The van der Waals surface area contributed by atoms with Gasteiger partial charge in [0.25, 0.3) is 0 Å². The molecule has 0 saturated carbocycles. The van der Waals surface area contributed by atoms with Gasteiger partial charge < -0.3 is 14.2 Å². The van der Waals surface area contributed by atoms with Crippen LogP contribution < -0.4 is 0 Å². The van der Waals surface area contributed by atoms with Gasteiger partial charge in [0.2, 0.25) is 0 Å². The molecule has 0 aliphatic heterocycles. The van der Waals surface area contributed by atoms with E-state index < -0.39 is 5.79 Å². The fraction of sp³-hybridized carbons (Fsp3) is 0.800. The molecule has 14 heavy (non-hydrogen) atoms. The van der Waals surface area contributed by atoms with Crippen LogP contribution in [0.4, 0.5) is 0 Å². The van der Waals surface area contributed by atoms with E-state index in [1.807, 2.05) is 20.8 Å². The second kappa shape index (κ2) is 7.26. The Kier molecular flexibility index (Phi) is 7.23. The van der Waals surface area contributed by atoms with Gasteiger partial charge in [-0.3, -0.25) is 0 Å². The molecule has 0 saturated heterocycles. The van der Waals surface area contributed by atoms with Gasteiger partial charge in [0.05, 0.1) is 19.0 Å². The molecule has 0 heterocycles. The quantitative estimate of drug-likeness (QED) is 0.293. The molecule has 1 unspecified atom stereocenters. The van der Waals surface area contributed by atoms with Crippen molar-refractivity contribution in [3.63, 3.8) is 0 Å². The summed E-state index contributed by atoms with van der Waals surface area (Å²) >= 11 is 3.34. The first-order valence-electron chi connectivity index (χ1n) is 4.62. The third kappa shape index (κ3) is 7.35. The van der Waals surface area contributed by atoms with Crippen LogP contribution in [0.3, 0.4) is 0 Å². The zero-order chi connectivity index (χ0) is 11.0. The number of ether oxygens (including phenoxy) is 3. The van der Waals surface area contributed by atoms with E-state index in [0.29, 0.717) is 13.2 Å². The maximum atomic E-state index is 5.62. The van der Waals surface area contributed by atoms with Crippen molar-refractivity contribution in [1.29, 1.82) is 0 Å². The standard InChI is InChI=1S/C10H19BrO3/c1-5-12-6-7-13-10(3,4)14-9(2)8-11/h5,9H,1,6-8H2,2-4H3. The van der Waals surface area contributed by atoms with Crippen LogP contribution in [-0.4, -0.2) is 30.4 Å². The van der Waals surface area contributed by atoms with Crippen molar-refractivity contribution in [2.45, 2.75) is 32.7 Å². The van der Waals surface area contributed by atoms with Crippen molar-refractivity contribution in [1.82, 2.24) is 0 Å². The summed E-state index contributed by atoms with van der Waals surface area (Å²) in [6.45, 7) is 10.2. The lowest BCUT2D eigenvalue weighted by Crippen LogP contribution is -2.34. The molecule has 84 valence electrons. The topological polar surface area (TPSA) is 27.7 Å². The van der Waals surface area contributed by atoms with Crippen LogP contribution in [-0.2, 0) is 14.2 Å². The van der Waals surface area contributed by atoms with Crippen molar-refractivity contribution in [2.24, 2.45) is 0 Å². The summed E-state index contributed by atoms with van der Waals surface area (Å²) in [6.07, 6.45) is 1.53. The van der Waals surface area contributed by atoms with E-state index in [1.54, 1.807) is 0 Å². The molecule has 0 fully saturated rings. The predicted molar refractivity (Wildman–Crippen MR) is 60.5 cm³/mol. The fourth-order valence-corrected chi connectivity index (χ4v) is 1.10. The van der Waals surface area contributed by atoms with E-state index in [2.05, 4.69) is 22.5 Å². The molecule has 0 aromatic heterocycles. The second-order valence-corrected chi connectivity index (χ2v) is 4.02. The highest BCUT2D eigenvalue weighted by Gasteiger charge is 2.21. The van der Waals surface area contributed by atoms with Gasteiger partial charge in [0.15, 0.2) is 5.79 Å². The zero-order valence-electron chi connectivity index (χ0n) is 9.09. The maximum absolute atomic E-state index is 5.62. The first-order chi connectivity index (χ1) is 6.52. The summed E-state index contributed by atoms with van der Waals surface area (Å²) in [5.74, 6) is -0.572. The Bertz CT molecular complexity index is 159. The summed E-state index contributed by atoms with van der Waals surface area (Å²) in [5.41, 5.74) is 0. The van der Waals surface area contributed by atoms with Crippen LogP contribution >= 0.6 is 15.9 Å². The second-order valence-electron chi connectivity index (χ2n) is 3.37. The van der Waals surface area contributed by atoms with E-state index in [1.165, 1.54) is 6.26 Å². The molecule has 0 rings (SSSR count). The Balaban J connectivity index is 3.65. The predicted octanol–water partition coefficient (Wildman–Crippen LogP) is 2.70. The molecule has 1 atom stereocenters.